The number of aryl methyl sites for hydroxylation is 1. The molecule has 0 fully saturated rings. The van der Waals surface area contributed by atoms with Gasteiger partial charge in [-0.3, -0.25) is 9.89 Å². The fourth-order valence-electron chi connectivity index (χ4n) is 2.23. The first-order valence-corrected chi connectivity index (χ1v) is 9.34. The van der Waals surface area contributed by atoms with E-state index in [4.69, 9.17) is 4.52 Å². The van der Waals surface area contributed by atoms with Gasteiger partial charge < -0.3 is 9.84 Å². The van der Waals surface area contributed by atoms with Gasteiger partial charge in [-0.05, 0) is 22.9 Å². The molecule has 1 amide bonds. The minimum Gasteiger partial charge on any atom is -0.339 e. The van der Waals surface area contributed by atoms with Crippen LogP contribution in [0.2, 0.25) is 0 Å². The maximum atomic E-state index is 12.1. The Kier molecular flexibility index (Phi) is 4.40. The molecule has 7 nitrogen and oxygen atoms in total. The molecule has 0 saturated carbocycles. The molecule has 25 heavy (non-hydrogen) atoms. The number of rotatable bonds is 6. The first kappa shape index (κ1) is 15.7. The number of amides is 1. The Bertz CT molecular complexity index is 957. The summed E-state index contributed by atoms with van der Waals surface area (Å²) in [5.74, 6) is 1.33. The zero-order valence-corrected chi connectivity index (χ0v) is 14.6. The van der Waals surface area contributed by atoms with Gasteiger partial charge in [0.15, 0.2) is 5.82 Å². The van der Waals surface area contributed by atoms with Crippen LogP contribution in [0.5, 0.6) is 0 Å². The zero-order chi connectivity index (χ0) is 17.1. The first-order valence-electron chi connectivity index (χ1n) is 7.52. The number of aromatic nitrogens is 4. The summed E-state index contributed by atoms with van der Waals surface area (Å²) in [5.41, 5.74) is 1.80. The number of nitrogens with one attached hydrogen (secondary N) is 2. The van der Waals surface area contributed by atoms with E-state index in [9.17, 15) is 4.79 Å². The van der Waals surface area contributed by atoms with Crippen molar-refractivity contribution >= 4 is 34.4 Å². The predicted octanol–water partition coefficient (Wildman–Crippen LogP) is 3.82. The van der Waals surface area contributed by atoms with Gasteiger partial charge in [-0.25, -0.2) is 0 Å². The largest absolute Gasteiger partial charge is 0.339 e. The van der Waals surface area contributed by atoms with Crippen molar-refractivity contribution < 1.29 is 9.32 Å². The highest BCUT2D eigenvalue weighted by Crippen LogP contribution is 2.24. The Hall–Kier alpha value is -2.78. The molecule has 126 valence electrons. The lowest BCUT2D eigenvalue weighted by Crippen LogP contribution is -2.12. The van der Waals surface area contributed by atoms with E-state index < -0.39 is 0 Å². The molecule has 0 aliphatic rings. The zero-order valence-electron chi connectivity index (χ0n) is 12.9. The van der Waals surface area contributed by atoms with Gasteiger partial charge in [0.2, 0.25) is 17.6 Å². The van der Waals surface area contributed by atoms with Crippen LogP contribution in [-0.4, -0.2) is 26.2 Å². The highest BCUT2D eigenvalue weighted by molar-refractivity contribution is 7.13. The first-order chi connectivity index (χ1) is 12.3. The van der Waals surface area contributed by atoms with Crippen LogP contribution in [0.15, 0.2) is 44.9 Å². The van der Waals surface area contributed by atoms with Gasteiger partial charge >= 0.3 is 0 Å². The van der Waals surface area contributed by atoms with Crippen LogP contribution in [0.1, 0.15) is 12.3 Å². The second-order valence-electron chi connectivity index (χ2n) is 5.22. The molecule has 0 aliphatic heterocycles. The minimum atomic E-state index is -0.153. The lowest BCUT2D eigenvalue weighted by atomic mass is 10.3. The summed E-state index contributed by atoms with van der Waals surface area (Å²) in [5, 5.41) is 19.6. The smallest absolute Gasteiger partial charge is 0.227 e. The number of thiophene rings is 2. The van der Waals surface area contributed by atoms with E-state index in [0.29, 0.717) is 24.0 Å². The van der Waals surface area contributed by atoms with Crippen LogP contribution < -0.4 is 5.32 Å². The third-order valence-electron chi connectivity index (χ3n) is 3.45. The van der Waals surface area contributed by atoms with Gasteiger partial charge in [0.25, 0.3) is 0 Å². The van der Waals surface area contributed by atoms with E-state index in [2.05, 4.69) is 25.7 Å². The number of anilines is 1. The van der Waals surface area contributed by atoms with Crippen molar-refractivity contribution in [3.8, 4) is 22.0 Å². The summed E-state index contributed by atoms with van der Waals surface area (Å²) < 4.78 is 5.19. The molecule has 0 radical (unpaired) electrons. The Morgan fingerprint density at radius 1 is 1.32 bits per heavy atom. The molecule has 9 heteroatoms. The molecule has 0 saturated heterocycles. The minimum absolute atomic E-state index is 0.153. The van der Waals surface area contributed by atoms with E-state index in [0.717, 1.165) is 16.1 Å². The summed E-state index contributed by atoms with van der Waals surface area (Å²) in [6, 6.07) is 7.69. The molecule has 4 heterocycles. The van der Waals surface area contributed by atoms with Crippen molar-refractivity contribution in [2.75, 3.05) is 5.32 Å². The number of hydrogen-bond donors (Lipinski definition) is 2. The van der Waals surface area contributed by atoms with Crippen molar-refractivity contribution in [3.05, 3.63) is 46.3 Å². The van der Waals surface area contributed by atoms with Crippen molar-refractivity contribution in [1.82, 2.24) is 20.3 Å². The topological polar surface area (TPSA) is 96.7 Å². The average molecular weight is 371 g/mol. The van der Waals surface area contributed by atoms with E-state index >= 15 is 0 Å². The third-order valence-corrected chi connectivity index (χ3v) is 5.03. The SMILES string of the molecule is O=C(CCc1nc(-c2ccsc2)no1)Nc1cc(-c2cccs2)[nH]n1. The second-order valence-corrected chi connectivity index (χ2v) is 6.94. The molecule has 0 bridgehead atoms. The van der Waals surface area contributed by atoms with Crippen LogP contribution in [0.25, 0.3) is 22.0 Å². The van der Waals surface area contributed by atoms with E-state index in [1.165, 1.54) is 0 Å². The number of hydrogen-bond acceptors (Lipinski definition) is 7. The van der Waals surface area contributed by atoms with Crippen molar-refractivity contribution in [3.63, 3.8) is 0 Å². The second kappa shape index (κ2) is 6.99. The van der Waals surface area contributed by atoms with Crippen LogP contribution in [0.3, 0.4) is 0 Å². The molecule has 2 N–H and O–H groups in total. The Morgan fingerprint density at radius 3 is 3.08 bits per heavy atom. The van der Waals surface area contributed by atoms with Crippen molar-refractivity contribution in [2.24, 2.45) is 0 Å². The van der Waals surface area contributed by atoms with Gasteiger partial charge in [-0.15, -0.1) is 11.3 Å². The number of nitrogens with zero attached hydrogens (tertiary/aromatic N) is 3. The fraction of sp³-hybridized carbons (Fsp3) is 0.125. The highest BCUT2D eigenvalue weighted by Gasteiger charge is 2.12. The summed E-state index contributed by atoms with van der Waals surface area (Å²) in [4.78, 5) is 17.4. The normalized spacial score (nSPS) is 10.9. The number of H-pyrrole nitrogens is 1. The van der Waals surface area contributed by atoms with E-state index in [-0.39, 0.29) is 12.3 Å². The van der Waals surface area contributed by atoms with Crippen LogP contribution in [-0.2, 0) is 11.2 Å². The van der Waals surface area contributed by atoms with Gasteiger partial charge in [-0.2, -0.15) is 21.4 Å². The Balaban J connectivity index is 1.32. The summed E-state index contributed by atoms with van der Waals surface area (Å²) in [6.45, 7) is 0. The van der Waals surface area contributed by atoms with Crippen LogP contribution in [0, 0.1) is 0 Å². The molecule has 0 unspecified atom stereocenters. The highest BCUT2D eigenvalue weighted by atomic mass is 32.1. The molecule has 4 aromatic rings. The predicted molar refractivity (Wildman–Crippen MR) is 96.5 cm³/mol. The van der Waals surface area contributed by atoms with Crippen molar-refractivity contribution in [1.29, 1.82) is 0 Å². The van der Waals surface area contributed by atoms with Crippen LogP contribution in [0.4, 0.5) is 5.82 Å². The standard InChI is InChI=1S/C16H13N5O2S2/c22-14(17-13-8-11(19-20-13)12-2-1-6-25-12)3-4-15-18-16(21-23-15)10-5-7-24-9-10/h1-2,5-9H,3-4H2,(H2,17,19,20,22). The van der Waals surface area contributed by atoms with Crippen LogP contribution >= 0.6 is 22.7 Å². The summed E-state index contributed by atoms with van der Waals surface area (Å²) >= 11 is 3.18. The molecule has 4 aromatic heterocycles. The van der Waals surface area contributed by atoms with Gasteiger partial charge in [0.1, 0.15) is 0 Å². The molecule has 0 aliphatic carbocycles. The molecular weight excluding hydrogens is 358 g/mol. The molecule has 0 aromatic carbocycles. The van der Waals surface area contributed by atoms with E-state index in [1.807, 2.05) is 40.4 Å². The monoisotopic (exact) mass is 371 g/mol. The molecule has 0 spiro atoms. The Labute approximate surface area is 150 Å². The van der Waals surface area contributed by atoms with Gasteiger partial charge in [0.05, 0.1) is 10.6 Å². The number of carbonyl (C=O) groups is 1. The molecule has 0 atom stereocenters. The lowest BCUT2D eigenvalue weighted by Gasteiger charge is -1.98. The maximum absolute atomic E-state index is 12.1. The third kappa shape index (κ3) is 3.67. The summed E-state index contributed by atoms with van der Waals surface area (Å²) in [7, 11) is 0. The summed E-state index contributed by atoms with van der Waals surface area (Å²) in [6.07, 6.45) is 0.623. The van der Waals surface area contributed by atoms with Gasteiger partial charge in [0, 0.05) is 29.9 Å². The maximum Gasteiger partial charge on any atom is 0.227 e. The van der Waals surface area contributed by atoms with E-state index in [1.54, 1.807) is 22.7 Å². The average Bonchev–Trinajstić information content (AvgIpc) is 3.40. The van der Waals surface area contributed by atoms with Crippen molar-refractivity contribution in [2.45, 2.75) is 12.8 Å². The fourth-order valence-corrected chi connectivity index (χ4v) is 3.56. The van der Waals surface area contributed by atoms with Gasteiger partial charge in [-0.1, -0.05) is 11.2 Å². The Morgan fingerprint density at radius 2 is 2.28 bits per heavy atom. The lowest BCUT2D eigenvalue weighted by molar-refractivity contribution is -0.116. The quantitative estimate of drug-likeness (QED) is 0.537. The molecule has 4 rings (SSSR count). The number of carbonyl (C=O) groups excluding carboxylic acids is 1. The molecular formula is C16H13N5O2S2. The number of aromatic amines is 1.